The molecule has 110 valence electrons. The smallest absolute Gasteiger partial charge is 0.140 e. The van der Waals surface area contributed by atoms with Crippen LogP contribution >= 0.6 is 0 Å². The van der Waals surface area contributed by atoms with E-state index < -0.39 is 0 Å². The molecular weight excluding hydrogens is 244 g/mol. The monoisotopic (exact) mass is 272 g/mol. The van der Waals surface area contributed by atoms with E-state index in [0.717, 1.165) is 18.8 Å². The molecular formula is C19H28O. The van der Waals surface area contributed by atoms with Gasteiger partial charge in [0.2, 0.25) is 0 Å². The van der Waals surface area contributed by atoms with Gasteiger partial charge in [-0.3, -0.25) is 4.79 Å². The quantitative estimate of drug-likeness (QED) is 0.735. The lowest BCUT2D eigenvalue weighted by molar-refractivity contribution is -0.123. The molecule has 2 rings (SSSR count). The number of hydrogen-bond acceptors (Lipinski definition) is 1. The molecule has 0 amide bonds. The summed E-state index contributed by atoms with van der Waals surface area (Å²) in [6.45, 7) is 6.47. The van der Waals surface area contributed by atoms with Gasteiger partial charge in [0.05, 0.1) is 0 Å². The van der Waals surface area contributed by atoms with Gasteiger partial charge >= 0.3 is 0 Å². The van der Waals surface area contributed by atoms with Crippen LogP contribution in [0, 0.1) is 25.7 Å². The summed E-state index contributed by atoms with van der Waals surface area (Å²) < 4.78 is 0. The van der Waals surface area contributed by atoms with Crippen LogP contribution in [0.1, 0.15) is 62.1 Å². The number of carbonyl (C=O) groups excluding carboxylic acids is 1. The van der Waals surface area contributed by atoms with Gasteiger partial charge in [0, 0.05) is 12.3 Å². The van der Waals surface area contributed by atoms with Crippen LogP contribution in [0.4, 0.5) is 0 Å². The van der Waals surface area contributed by atoms with Crippen LogP contribution < -0.4 is 0 Å². The van der Waals surface area contributed by atoms with Crippen molar-refractivity contribution in [2.75, 3.05) is 0 Å². The molecule has 1 fully saturated rings. The molecule has 0 radical (unpaired) electrons. The van der Waals surface area contributed by atoms with Crippen molar-refractivity contribution in [2.45, 2.75) is 65.7 Å². The number of carbonyl (C=O) groups is 1. The molecule has 0 unspecified atom stereocenters. The molecule has 0 aliphatic heterocycles. The summed E-state index contributed by atoms with van der Waals surface area (Å²) in [5, 5.41) is 0. The molecule has 1 aliphatic rings. The van der Waals surface area contributed by atoms with E-state index in [1.165, 1.54) is 42.4 Å². The maximum atomic E-state index is 12.5. The second-order valence-corrected chi connectivity index (χ2v) is 6.58. The molecule has 0 atom stereocenters. The zero-order valence-electron chi connectivity index (χ0n) is 13.2. The minimum atomic E-state index is 0.322. The molecule has 1 aliphatic carbocycles. The zero-order valence-corrected chi connectivity index (χ0v) is 13.2. The lowest BCUT2D eigenvalue weighted by Gasteiger charge is -2.27. The predicted molar refractivity (Wildman–Crippen MR) is 85.0 cm³/mol. The Labute approximate surface area is 123 Å². The second-order valence-electron chi connectivity index (χ2n) is 6.58. The summed E-state index contributed by atoms with van der Waals surface area (Å²) >= 11 is 0. The molecule has 1 aromatic carbocycles. The molecule has 0 saturated heterocycles. The van der Waals surface area contributed by atoms with Crippen molar-refractivity contribution in [2.24, 2.45) is 11.8 Å². The third kappa shape index (κ3) is 3.94. The average Bonchev–Trinajstić information content (AvgIpc) is 2.44. The fourth-order valence-electron chi connectivity index (χ4n) is 3.50. The molecule has 1 heteroatoms. The molecule has 20 heavy (non-hydrogen) atoms. The first-order valence-corrected chi connectivity index (χ1v) is 8.19. The highest BCUT2D eigenvalue weighted by Gasteiger charge is 2.25. The Morgan fingerprint density at radius 2 is 1.85 bits per heavy atom. The molecule has 1 nitrogen and oxygen atoms in total. The fourth-order valence-corrected chi connectivity index (χ4v) is 3.50. The van der Waals surface area contributed by atoms with Crippen molar-refractivity contribution in [1.29, 1.82) is 0 Å². The van der Waals surface area contributed by atoms with Gasteiger partial charge in [-0.15, -0.1) is 0 Å². The molecule has 0 N–H and O–H groups in total. The number of Topliss-reactive ketones (excluding diaryl/α,β-unsaturated/α-hetero) is 1. The van der Waals surface area contributed by atoms with Crippen LogP contribution in [0.3, 0.4) is 0 Å². The Bertz CT molecular complexity index is 453. The first kappa shape index (κ1) is 15.3. The van der Waals surface area contributed by atoms with E-state index in [0.29, 0.717) is 18.1 Å². The van der Waals surface area contributed by atoms with Gasteiger partial charge in [-0.1, -0.05) is 43.5 Å². The molecule has 0 aromatic heterocycles. The van der Waals surface area contributed by atoms with Gasteiger partial charge in [-0.05, 0) is 56.6 Å². The highest BCUT2D eigenvalue weighted by molar-refractivity contribution is 5.83. The summed E-state index contributed by atoms with van der Waals surface area (Å²) in [7, 11) is 0. The molecule has 0 heterocycles. The van der Waals surface area contributed by atoms with Gasteiger partial charge in [-0.2, -0.15) is 0 Å². The van der Waals surface area contributed by atoms with E-state index in [-0.39, 0.29) is 0 Å². The first-order valence-electron chi connectivity index (χ1n) is 8.19. The number of aryl methyl sites for hydroxylation is 2. The maximum absolute atomic E-state index is 12.5. The summed E-state index contributed by atoms with van der Waals surface area (Å²) in [6, 6.07) is 6.44. The zero-order chi connectivity index (χ0) is 14.5. The Kier molecular flexibility index (Phi) is 5.39. The second kappa shape index (κ2) is 7.06. The van der Waals surface area contributed by atoms with E-state index in [1.807, 2.05) is 0 Å². The number of rotatable bonds is 5. The Hall–Kier alpha value is -1.11. The van der Waals surface area contributed by atoms with Crippen molar-refractivity contribution >= 4 is 5.78 Å². The van der Waals surface area contributed by atoms with E-state index in [1.54, 1.807) is 0 Å². The van der Waals surface area contributed by atoms with E-state index in [4.69, 9.17) is 0 Å². The van der Waals surface area contributed by atoms with Gasteiger partial charge in [-0.25, -0.2) is 0 Å². The summed E-state index contributed by atoms with van der Waals surface area (Å²) in [4.78, 5) is 12.5. The standard InChI is InChI=1S/C19H28O/c1-4-5-16-8-10-17(11-9-16)19(20)13-18-12-14(2)6-7-15(18)3/h6-7,12,16-17H,4-5,8-11,13H2,1-3H3. The molecule has 1 aromatic rings. The van der Waals surface area contributed by atoms with Crippen molar-refractivity contribution in [3.05, 3.63) is 34.9 Å². The SMILES string of the molecule is CCCC1CCC(C(=O)Cc2cc(C)ccc2C)CC1. The highest BCUT2D eigenvalue weighted by Crippen LogP contribution is 2.32. The summed E-state index contributed by atoms with van der Waals surface area (Å²) in [6.07, 6.45) is 8.02. The highest BCUT2D eigenvalue weighted by atomic mass is 16.1. The van der Waals surface area contributed by atoms with Gasteiger partial charge in [0.15, 0.2) is 0 Å². The van der Waals surface area contributed by atoms with Crippen LogP contribution in [0.15, 0.2) is 18.2 Å². The average molecular weight is 272 g/mol. The number of hydrogen-bond donors (Lipinski definition) is 0. The van der Waals surface area contributed by atoms with Crippen molar-refractivity contribution in [3.8, 4) is 0 Å². The lowest BCUT2D eigenvalue weighted by Crippen LogP contribution is -2.23. The minimum absolute atomic E-state index is 0.322. The van der Waals surface area contributed by atoms with Crippen LogP contribution in [0.25, 0.3) is 0 Å². The van der Waals surface area contributed by atoms with Crippen molar-refractivity contribution in [3.63, 3.8) is 0 Å². The topological polar surface area (TPSA) is 17.1 Å². The summed E-state index contributed by atoms with van der Waals surface area (Å²) in [5.41, 5.74) is 3.74. The number of benzene rings is 1. The summed E-state index contributed by atoms with van der Waals surface area (Å²) in [5.74, 6) is 1.67. The third-order valence-electron chi connectivity index (χ3n) is 4.87. The minimum Gasteiger partial charge on any atom is -0.299 e. The predicted octanol–water partition coefficient (Wildman–Crippen LogP) is 5.02. The molecule has 0 spiro atoms. The Morgan fingerprint density at radius 1 is 1.15 bits per heavy atom. The Morgan fingerprint density at radius 3 is 2.50 bits per heavy atom. The van der Waals surface area contributed by atoms with Gasteiger partial charge < -0.3 is 0 Å². The largest absolute Gasteiger partial charge is 0.299 e. The maximum Gasteiger partial charge on any atom is 0.140 e. The van der Waals surface area contributed by atoms with Crippen molar-refractivity contribution in [1.82, 2.24) is 0 Å². The first-order chi connectivity index (χ1) is 9.60. The van der Waals surface area contributed by atoms with E-state index in [9.17, 15) is 4.79 Å². The van der Waals surface area contributed by atoms with E-state index in [2.05, 4.69) is 39.0 Å². The molecule has 0 bridgehead atoms. The number of ketones is 1. The van der Waals surface area contributed by atoms with Crippen LogP contribution in [0.5, 0.6) is 0 Å². The molecule has 1 saturated carbocycles. The Balaban J connectivity index is 1.91. The van der Waals surface area contributed by atoms with Crippen LogP contribution in [-0.4, -0.2) is 5.78 Å². The van der Waals surface area contributed by atoms with Crippen molar-refractivity contribution < 1.29 is 4.79 Å². The fraction of sp³-hybridized carbons (Fsp3) is 0.632. The van der Waals surface area contributed by atoms with Gasteiger partial charge in [0.25, 0.3) is 0 Å². The lowest BCUT2D eigenvalue weighted by atomic mass is 9.77. The third-order valence-corrected chi connectivity index (χ3v) is 4.87. The van der Waals surface area contributed by atoms with Crippen LogP contribution in [0.2, 0.25) is 0 Å². The van der Waals surface area contributed by atoms with Crippen LogP contribution in [-0.2, 0) is 11.2 Å². The van der Waals surface area contributed by atoms with E-state index >= 15 is 0 Å². The normalized spacial score (nSPS) is 22.8. The van der Waals surface area contributed by atoms with Gasteiger partial charge in [0.1, 0.15) is 5.78 Å².